The van der Waals surface area contributed by atoms with E-state index in [-0.39, 0.29) is 4.47 Å². The van der Waals surface area contributed by atoms with E-state index in [2.05, 4.69) is 26.1 Å². The normalized spacial score (nSPS) is 16.4. The quantitative estimate of drug-likeness (QED) is 0.859. The van der Waals surface area contributed by atoms with E-state index in [1.54, 1.807) is 0 Å². The number of hydrogen-bond acceptors (Lipinski definition) is 2. The van der Waals surface area contributed by atoms with Crippen LogP contribution in [0.2, 0.25) is 0 Å². The van der Waals surface area contributed by atoms with Gasteiger partial charge in [-0.05, 0) is 47.9 Å². The van der Waals surface area contributed by atoms with Crippen molar-refractivity contribution in [2.75, 3.05) is 31.5 Å². The molecule has 0 unspecified atom stereocenters. The fourth-order valence-corrected chi connectivity index (χ4v) is 2.36. The van der Waals surface area contributed by atoms with Gasteiger partial charge in [0.15, 0.2) is 0 Å². The predicted molar refractivity (Wildman–Crippen MR) is 68.2 cm³/mol. The molecule has 0 amide bonds. The Balaban J connectivity index is 1.87. The van der Waals surface area contributed by atoms with E-state index >= 15 is 0 Å². The maximum atomic E-state index is 13.4. The Labute approximate surface area is 108 Å². The number of nitrogens with one attached hydrogen (secondary N) is 1. The minimum absolute atomic E-state index is 0.280. The van der Waals surface area contributed by atoms with Crippen LogP contribution in [0.3, 0.4) is 0 Å². The van der Waals surface area contributed by atoms with Gasteiger partial charge in [0, 0.05) is 19.2 Å². The van der Waals surface area contributed by atoms with E-state index in [4.69, 9.17) is 0 Å². The third-order valence-electron chi connectivity index (χ3n) is 2.95. The molecule has 0 aliphatic carbocycles. The van der Waals surface area contributed by atoms with Crippen LogP contribution in [0.4, 0.5) is 14.5 Å². The molecule has 2 rings (SSSR count). The van der Waals surface area contributed by atoms with Gasteiger partial charge in [-0.2, -0.15) is 0 Å². The number of nitrogens with zero attached hydrogens (tertiary/aromatic N) is 1. The van der Waals surface area contributed by atoms with Crippen LogP contribution in [-0.4, -0.2) is 31.1 Å². The van der Waals surface area contributed by atoms with Crippen molar-refractivity contribution < 1.29 is 8.78 Å². The lowest BCUT2D eigenvalue weighted by molar-refractivity contribution is 0.352. The fourth-order valence-electron chi connectivity index (χ4n) is 2.01. The Morgan fingerprint density at radius 1 is 1.18 bits per heavy atom. The van der Waals surface area contributed by atoms with Gasteiger partial charge in [0.25, 0.3) is 0 Å². The molecule has 94 valence electrons. The SMILES string of the molecule is Fc1cc(F)c(NCCN2CCCC2)cc1Br. The predicted octanol–water partition coefficient (Wildman–Crippen LogP) is 3.24. The average Bonchev–Trinajstić information content (AvgIpc) is 2.78. The average molecular weight is 305 g/mol. The van der Waals surface area contributed by atoms with Gasteiger partial charge < -0.3 is 10.2 Å². The number of halogens is 3. The van der Waals surface area contributed by atoms with Crippen molar-refractivity contribution in [3.05, 3.63) is 28.2 Å². The highest BCUT2D eigenvalue weighted by atomic mass is 79.9. The van der Waals surface area contributed by atoms with E-state index in [1.807, 2.05) is 0 Å². The minimum atomic E-state index is -0.576. The molecule has 0 spiro atoms. The molecule has 1 aliphatic rings. The summed E-state index contributed by atoms with van der Waals surface area (Å²) in [7, 11) is 0. The van der Waals surface area contributed by atoms with Crippen molar-refractivity contribution in [2.45, 2.75) is 12.8 Å². The summed E-state index contributed by atoms with van der Waals surface area (Å²) in [6, 6.07) is 2.33. The van der Waals surface area contributed by atoms with Crippen LogP contribution in [0.15, 0.2) is 16.6 Å². The summed E-state index contributed by atoms with van der Waals surface area (Å²) in [6.07, 6.45) is 2.49. The van der Waals surface area contributed by atoms with Crippen molar-refractivity contribution in [3.63, 3.8) is 0 Å². The van der Waals surface area contributed by atoms with E-state index in [1.165, 1.54) is 18.9 Å². The summed E-state index contributed by atoms with van der Waals surface area (Å²) < 4.78 is 26.7. The van der Waals surface area contributed by atoms with E-state index in [9.17, 15) is 8.78 Å². The maximum Gasteiger partial charge on any atom is 0.149 e. The molecule has 5 heteroatoms. The van der Waals surface area contributed by atoms with Gasteiger partial charge in [-0.3, -0.25) is 0 Å². The Kier molecular flexibility index (Phi) is 4.34. The summed E-state index contributed by atoms with van der Waals surface area (Å²) in [4.78, 5) is 2.34. The summed E-state index contributed by atoms with van der Waals surface area (Å²) in [5, 5.41) is 2.99. The van der Waals surface area contributed by atoms with Crippen molar-refractivity contribution in [3.8, 4) is 0 Å². The van der Waals surface area contributed by atoms with Gasteiger partial charge in [0.05, 0.1) is 10.2 Å². The number of likely N-dealkylation sites (tertiary alicyclic amines) is 1. The first-order valence-electron chi connectivity index (χ1n) is 5.77. The molecule has 1 heterocycles. The second-order valence-corrected chi connectivity index (χ2v) is 5.08. The lowest BCUT2D eigenvalue weighted by Gasteiger charge is -2.15. The molecule has 17 heavy (non-hydrogen) atoms. The summed E-state index contributed by atoms with van der Waals surface area (Å²) in [6.45, 7) is 3.82. The lowest BCUT2D eigenvalue weighted by Crippen LogP contribution is -2.26. The van der Waals surface area contributed by atoms with E-state index in [0.29, 0.717) is 12.2 Å². The second kappa shape index (κ2) is 5.78. The maximum absolute atomic E-state index is 13.4. The highest BCUT2D eigenvalue weighted by Gasteiger charge is 2.11. The van der Waals surface area contributed by atoms with E-state index in [0.717, 1.165) is 25.7 Å². The molecule has 0 bridgehead atoms. The molecule has 1 aromatic carbocycles. The molecule has 0 aromatic heterocycles. The van der Waals surface area contributed by atoms with Crippen LogP contribution >= 0.6 is 15.9 Å². The topological polar surface area (TPSA) is 15.3 Å². The number of benzene rings is 1. The zero-order valence-corrected chi connectivity index (χ0v) is 11.1. The smallest absolute Gasteiger partial charge is 0.149 e. The molecular formula is C12H15BrF2N2. The van der Waals surface area contributed by atoms with Gasteiger partial charge >= 0.3 is 0 Å². The number of hydrogen-bond donors (Lipinski definition) is 1. The Hall–Kier alpha value is -0.680. The highest BCUT2D eigenvalue weighted by molar-refractivity contribution is 9.10. The van der Waals surface area contributed by atoms with Crippen LogP contribution in [0, 0.1) is 11.6 Å². The first-order valence-corrected chi connectivity index (χ1v) is 6.57. The molecule has 1 N–H and O–H groups in total. The van der Waals surface area contributed by atoms with Crippen LogP contribution in [0.5, 0.6) is 0 Å². The minimum Gasteiger partial charge on any atom is -0.381 e. The van der Waals surface area contributed by atoms with Gasteiger partial charge in [-0.25, -0.2) is 8.78 Å². The van der Waals surface area contributed by atoms with Gasteiger partial charge in [0.2, 0.25) is 0 Å². The Morgan fingerprint density at radius 2 is 1.88 bits per heavy atom. The molecule has 1 saturated heterocycles. The number of rotatable bonds is 4. The molecule has 2 nitrogen and oxygen atoms in total. The first-order chi connectivity index (χ1) is 8.16. The molecule has 0 atom stereocenters. The molecule has 0 saturated carbocycles. The molecular weight excluding hydrogens is 290 g/mol. The fraction of sp³-hybridized carbons (Fsp3) is 0.500. The van der Waals surface area contributed by atoms with Crippen molar-refractivity contribution >= 4 is 21.6 Å². The number of anilines is 1. The molecule has 1 aromatic rings. The summed E-state index contributed by atoms with van der Waals surface area (Å²) >= 11 is 3.05. The largest absolute Gasteiger partial charge is 0.381 e. The second-order valence-electron chi connectivity index (χ2n) is 4.22. The third kappa shape index (κ3) is 3.39. The van der Waals surface area contributed by atoms with Crippen LogP contribution < -0.4 is 5.32 Å². The van der Waals surface area contributed by atoms with Crippen molar-refractivity contribution in [1.29, 1.82) is 0 Å². The Bertz CT molecular complexity index is 392. The first kappa shape index (κ1) is 12.8. The zero-order valence-electron chi connectivity index (χ0n) is 9.48. The van der Waals surface area contributed by atoms with Gasteiger partial charge in [0.1, 0.15) is 11.6 Å². The molecule has 1 fully saturated rings. The van der Waals surface area contributed by atoms with Crippen molar-refractivity contribution in [2.24, 2.45) is 0 Å². The Morgan fingerprint density at radius 3 is 2.59 bits per heavy atom. The summed E-state index contributed by atoms with van der Waals surface area (Å²) in [5.74, 6) is -1.13. The highest BCUT2D eigenvalue weighted by Crippen LogP contribution is 2.23. The summed E-state index contributed by atoms with van der Waals surface area (Å²) in [5.41, 5.74) is 0.345. The molecule has 1 aliphatic heterocycles. The standard InChI is InChI=1S/C12H15BrF2N2/c13-9-7-12(11(15)8-10(9)14)16-3-6-17-4-1-2-5-17/h7-8,16H,1-6H2. The van der Waals surface area contributed by atoms with Crippen LogP contribution in [0.1, 0.15) is 12.8 Å². The van der Waals surface area contributed by atoms with Crippen LogP contribution in [0.25, 0.3) is 0 Å². The van der Waals surface area contributed by atoms with Gasteiger partial charge in [-0.15, -0.1) is 0 Å². The van der Waals surface area contributed by atoms with Gasteiger partial charge in [-0.1, -0.05) is 0 Å². The van der Waals surface area contributed by atoms with E-state index < -0.39 is 11.6 Å². The third-order valence-corrected chi connectivity index (χ3v) is 3.56. The van der Waals surface area contributed by atoms with Crippen molar-refractivity contribution in [1.82, 2.24) is 4.90 Å². The monoisotopic (exact) mass is 304 g/mol. The molecule has 0 radical (unpaired) electrons. The zero-order chi connectivity index (χ0) is 12.3. The lowest BCUT2D eigenvalue weighted by atomic mass is 10.3. The van der Waals surface area contributed by atoms with Crippen LogP contribution in [-0.2, 0) is 0 Å².